The van der Waals surface area contributed by atoms with Crippen molar-refractivity contribution in [3.8, 4) is 0 Å². The van der Waals surface area contributed by atoms with Gasteiger partial charge in [0.15, 0.2) is 0 Å². The van der Waals surface area contributed by atoms with Crippen molar-refractivity contribution in [3.05, 3.63) is 82.7 Å². The monoisotopic (exact) mass is 349 g/mol. The van der Waals surface area contributed by atoms with Gasteiger partial charge in [0.05, 0.1) is 16.8 Å². The maximum atomic E-state index is 12.7. The Hall–Kier alpha value is -2.43. The fourth-order valence-corrected chi connectivity index (χ4v) is 3.76. The zero-order valence-electron chi connectivity index (χ0n) is 15.0. The van der Waals surface area contributed by atoms with Crippen LogP contribution in [0.3, 0.4) is 0 Å². The topological polar surface area (TPSA) is 69.6 Å². The van der Waals surface area contributed by atoms with Crippen LogP contribution in [0, 0.1) is 5.92 Å². The van der Waals surface area contributed by atoms with Gasteiger partial charge in [-0.2, -0.15) is 0 Å². The standard InChI is InChI=1S/C22H23NO3/c1-21(25)10-6-14(7-11-21)16-4-3-5-17-19(16)18(20(24)23-17)15-8-12-22(2,26)13-9-15/h3-10,12,16,25-26H,11,13H2,1-2H3,(H,23,24). The number of nitrogens with one attached hydrogen (secondary N) is 1. The van der Waals surface area contributed by atoms with Gasteiger partial charge in [-0.25, -0.2) is 0 Å². The number of rotatable bonds is 2. The summed E-state index contributed by atoms with van der Waals surface area (Å²) in [5, 5.41) is 23.2. The van der Waals surface area contributed by atoms with Crippen LogP contribution in [0.5, 0.6) is 0 Å². The van der Waals surface area contributed by atoms with Crippen LogP contribution in [0.1, 0.15) is 26.7 Å². The molecule has 3 aliphatic carbocycles. The smallest absolute Gasteiger partial charge is 0.256 e. The fraction of sp³-hybridized carbons (Fsp3) is 0.318. The van der Waals surface area contributed by atoms with E-state index in [-0.39, 0.29) is 11.8 Å². The molecule has 4 heteroatoms. The first-order valence-electron chi connectivity index (χ1n) is 8.94. The molecule has 0 aromatic heterocycles. The number of hydrogen-bond donors (Lipinski definition) is 3. The number of amides is 1. The van der Waals surface area contributed by atoms with E-state index in [0.717, 1.165) is 22.4 Å². The first-order valence-corrected chi connectivity index (χ1v) is 8.94. The molecule has 0 spiro atoms. The van der Waals surface area contributed by atoms with Gasteiger partial charge in [0.25, 0.3) is 5.91 Å². The third kappa shape index (κ3) is 2.96. The molecule has 3 atom stereocenters. The zero-order valence-corrected chi connectivity index (χ0v) is 15.0. The van der Waals surface area contributed by atoms with E-state index in [4.69, 9.17) is 0 Å². The molecule has 0 saturated heterocycles. The molecule has 3 N–H and O–H groups in total. The number of aliphatic hydroxyl groups is 2. The molecule has 1 amide bonds. The van der Waals surface area contributed by atoms with Crippen LogP contribution >= 0.6 is 0 Å². The Bertz CT molecular complexity index is 888. The van der Waals surface area contributed by atoms with Crippen molar-refractivity contribution in [1.29, 1.82) is 0 Å². The molecular weight excluding hydrogens is 326 g/mol. The van der Waals surface area contributed by atoms with Crippen LogP contribution in [-0.4, -0.2) is 27.3 Å². The second-order valence-electron chi connectivity index (χ2n) is 7.84. The van der Waals surface area contributed by atoms with E-state index in [0.29, 0.717) is 18.4 Å². The number of fused-ring (bicyclic) bond motifs is 1. The van der Waals surface area contributed by atoms with E-state index < -0.39 is 11.2 Å². The Morgan fingerprint density at radius 3 is 2.38 bits per heavy atom. The molecule has 0 saturated carbocycles. The van der Waals surface area contributed by atoms with Crippen LogP contribution in [0.25, 0.3) is 0 Å². The lowest BCUT2D eigenvalue weighted by Crippen LogP contribution is -2.23. The highest BCUT2D eigenvalue weighted by Gasteiger charge is 2.36. The summed E-state index contributed by atoms with van der Waals surface area (Å²) in [6, 6.07) is 0. The van der Waals surface area contributed by atoms with Gasteiger partial charge in [-0.15, -0.1) is 0 Å². The van der Waals surface area contributed by atoms with Gasteiger partial charge in [-0.3, -0.25) is 4.79 Å². The lowest BCUT2D eigenvalue weighted by atomic mass is 9.78. The predicted octanol–water partition coefficient (Wildman–Crippen LogP) is 2.76. The molecule has 26 heavy (non-hydrogen) atoms. The number of carbonyl (C=O) groups excluding carboxylic acids is 1. The van der Waals surface area contributed by atoms with Gasteiger partial charge >= 0.3 is 0 Å². The Morgan fingerprint density at radius 1 is 1.08 bits per heavy atom. The molecule has 1 aliphatic heterocycles. The van der Waals surface area contributed by atoms with Gasteiger partial charge in [0.1, 0.15) is 0 Å². The Morgan fingerprint density at radius 2 is 1.77 bits per heavy atom. The molecule has 0 bridgehead atoms. The lowest BCUT2D eigenvalue weighted by Gasteiger charge is -2.27. The second-order valence-corrected chi connectivity index (χ2v) is 7.84. The quantitative estimate of drug-likeness (QED) is 0.718. The second kappa shape index (κ2) is 5.79. The minimum atomic E-state index is -0.867. The highest BCUT2D eigenvalue weighted by molar-refractivity contribution is 6.05. The molecule has 3 unspecified atom stereocenters. The summed E-state index contributed by atoms with van der Waals surface area (Å²) in [5.74, 6) is -0.141. The van der Waals surface area contributed by atoms with Crippen LogP contribution in [0.4, 0.5) is 0 Å². The molecule has 1 heterocycles. The number of hydrogen-bond acceptors (Lipinski definition) is 3. The highest BCUT2D eigenvalue weighted by Crippen LogP contribution is 2.41. The van der Waals surface area contributed by atoms with Gasteiger partial charge in [-0.05, 0) is 43.9 Å². The summed E-state index contributed by atoms with van der Waals surface area (Å²) in [5.41, 5.74) is 2.71. The van der Waals surface area contributed by atoms with Crippen molar-refractivity contribution in [2.24, 2.45) is 5.92 Å². The van der Waals surface area contributed by atoms with E-state index in [1.54, 1.807) is 19.9 Å². The Labute approximate surface area is 153 Å². The summed E-state index contributed by atoms with van der Waals surface area (Å²) < 4.78 is 0. The number of allylic oxidation sites excluding steroid dienone is 7. The van der Waals surface area contributed by atoms with Gasteiger partial charge in [-0.1, -0.05) is 48.6 Å². The van der Waals surface area contributed by atoms with Crippen LogP contribution in [0.2, 0.25) is 0 Å². The first-order chi connectivity index (χ1) is 12.3. The Kier molecular flexibility index (Phi) is 3.79. The van der Waals surface area contributed by atoms with E-state index in [9.17, 15) is 15.0 Å². The predicted molar refractivity (Wildman–Crippen MR) is 101 cm³/mol. The summed E-state index contributed by atoms with van der Waals surface area (Å²) >= 11 is 0. The van der Waals surface area contributed by atoms with Crippen molar-refractivity contribution in [1.82, 2.24) is 5.32 Å². The van der Waals surface area contributed by atoms with Crippen molar-refractivity contribution in [3.63, 3.8) is 0 Å². The van der Waals surface area contributed by atoms with Gasteiger partial charge in [0, 0.05) is 17.2 Å². The first kappa shape index (κ1) is 17.0. The molecule has 0 aromatic carbocycles. The molecule has 0 fully saturated rings. The third-order valence-corrected chi connectivity index (χ3v) is 5.30. The van der Waals surface area contributed by atoms with E-state index in [2.05, 4.69) is 11.4 Å². The minimum Gasteiger partial charge on any atom is -0.386 e. The van der Waals surface area contributed by atoms with Crippen molar-refractivity contribution < 1.29 is 15.0 Å². The van der Waals surface area contributed by atoms with E-state index in [1.807, 2.05) is 42.5 Å². The SMILES string of the molecule is CC1(O)C=CC(C2=C3C(=CC=CC3C3=CCC(C)(O)C=C3)NC2=O)=CC1. The van der Waals surface area contributed by atoms with Crippen molar-refractivity contribution in [2.45, 2.75) is 37.9 Å². The van der Waals surface area contributed by atoms with Crippen molar-refractivity contribution in [2.75, 3.05) is 0 Å². The molecule has 4 nitrogen and oxygen atoms in total. The van der Waals surface area contributed by atoms with E-state index >= 15 is 0 Å². The maximum absolute atomic E-state index is 12.7. The van der Waals surface area contributed by atoms with Crippen LogP contribution in [-0.2, 0) is 4.79 Å². The largest absolute Gasteiger partial charge is 0.386 e. The summed E-state index contributed by atoms with van der Waals surface area (Å²) in [7, 11) is 0. The molecule has 4 aliphatic rings. The molecule has 4 rings (SSSR count). The minimum absolute atomic E-state index is 0.0342. The molecule has 0 radical (unpaired) electrons. The average molecular weight is 349 g/mol. The van der Waals surface area contributed by atoms with Crippen molar-refractivity contribution >= 4 is 5.91 Å². The fourth-order valence-electron chi connectivity index (χ4n) is 3.76. The zero-order chi connectivity index (χ0) is 18.5. The molecular formula is C22H23NO3. The van der Waals surface area contributed by atoms with E-state index in [1.165, 1.54) is 0 Å². The number of carbonyl (C=O) groups is 1. The molecule has 134 valence electrons. The highest BCUT2D eigenvalue weighted by atomic mass is 16.3. The third-order valence-electron chi connectivity index (χ3n) is 5.30. The summed E-state index contributed by atoms with van der Waals surface area (Å²) in [6.07, 6.45) is 18.3. The Balaban J connectivity index is 1.76. The molecule has 0 aromatic rings. The normalized spacial score (nSPS) is 35.8. The average Bonchev–Trinajstić information content (AvgIpc) is 2.91. The lowest BCUT2D eigenvalue weighted by molar-refractivity contribution is -0.116. The summed E-state index contributed by atoms with van der Waals surface area (Å²) in [4.78, 5) is 12.7. The maximum Gasteiger partial charge on any atom is 0.256 e. The van der Waals surface area contributed by atoms with Gasteiger partial charge < -0.3 is 15.5 Å². The summed E-state index contributed by atoms with van der Waals surface area (Å²) in [6.45, 7) is 3.54. The van der Waals surface area contributed by atoms with Gasteiger partial charge in [0.2, 0.25) is 0 Å². The van der Waals surface area contributed by atoms with Crippen LogP contribution < -0.4 is 5.32 Å². The van der Waals surface area contributed by atoms with Crippen LogP contribution in [0.15, 0.2) is 82.7 Å².